The summed E-state index contributed by atoms with van der Waals surface area (Å²) in [5, 5.41) is 10.8. The van der Waals surface area contributed by atoms with E-state index in [0.29, 0.717) is 6.42 Å². The normalized spacial score (nSPS) is 18.5. The fourth-order valence-corrected chi connectivity index (χ4v) is 2.63. The van der Waals surface area contributed by atoms with Gasteiger partial charge in [-0.05, 0) is 31.1 Å². The molecule has 4 heteroatoms. The van der Waals surface area contributed by atoms with Crippen LogP contribution in [-0.4, -0.2) is 17.2 Å². The lowest BCUT2D eigenvalue weighted by Crippen LogP contribution is -2.15. The molecule has 0 fully saturated rings. The molecule has 0 radical (unpaired) electrons. The fourth-order valence-electron chi connectivity index (χ4n) is 2.47. The number of allylic oxidation sites excluding steroid dienone is 4. The molecule has 3 nitrogen and oxygen atoms in total. The molecule has 1 aliphatic rings. The summed E-state index contributed by atoms with van der Waals surface area (Å²) in [4.78, 5) is 11.2. The van der Waals surface area contributed by atoms with Crippen LogP contribution in [0.15, 0.2) is 54.1 Å². The van der Waals surface area contributed by atoms with Crippen molar-refractivity contribution in [3.63, 3.8) is 0 Å². The molecule has 1 aliphatic carbocycles. The molecule has 0 saturated carbocycles. The Bertz CT molecular complexity index is 631. The van der Waals surface area contributed by atoms with Crippen molar-refractivity contribution in [1.29, 1.82) is 0 Å². The summed E-state index contributed by atoms with van der Waals surface area (Å²) in [5.41, 5.74) is 1.86. The van der Waals surface area contributed by atoms with E-state index in [1.165, 1.54) is 0 Å². The Morgan fingerprint density at radius 2 is 2.36 bits per heavy atom. The number of benzene rings is 1. The van der Waals surface area contributed by atoms with Gasteiger partial charge in [-0.3, -0.25) is 0 Å². The number of carbonyl (C=O) groups excluding carboxylic acids is 1. The molecule has 1 aromatic rings. The molecule has 1 N–H and O–H groups in total. The first kappa shape index (κ1) is 16.4. The maximum Gasteiger partial charge on any atom is 0.330 e. The number of hydrogen-bond donors (Lipinski definition) is 1. The highest BCUT2D eigenvalue weighted by atomic mass is 35.5. The molecular weight excluding hydrogens is 300 g/mol. The maximum absolute atomic E-state index is 11.2. The van der Waals surface area contributed by atoms with E-state index in [-0.39, 0.29) is 17.8 Å². The molecular formula is C18H19ClO3. The molecule has 0 spiro atoms. The molecule has 2 unspecified atom stereocenters. The number of carbonyl (C=O) groups is 1. The third kappa shape index (κ3) is 4.25. The molecule has 0 bridgehead atoms. The summed E-state index contributed by atoms with van der Waals surface area (Å²) in [6, 6.07) is 5.47. The van der Waals surface area contributed by atoms with Crippen molar-refractivity contribution in [1.82, 2.24) is 0 Å². The molecule has 2 rings (SSSR count). The summed E-state index contributed by atoms with van der Waals surface area (Å²) in [7, 11) is 0. The minimum atomic E-state index is -0.429. The van der Waals surface area contributed by atoms with Gasteiger partial charge in [0.2, 0.25) is 0 Å². The topological polar surface area (TPSA) is 46.5 Å². The van der Waals surface area contributed by atoms with Crippen LogP contribution >= 0.6 is 11.6 Å². The van der Waals surface area contributed by atoms with E-state index in [1.54, 1.807) is 6.07 Å². The van der Waals surface area contributed by atoms with Crippen molar-refractivity contribution in [2.45, 2.75) is 31.8 Å². The van der Waals surface area contributed by atoms with Crippen molar-refractivity contribution in [2.75, 3.05) is 0 Å². The Kier molecular flexibility index (Phi) is 5.45. The Morgan fingerprint density at radius 3 is 3.00 bits per heavy atom. The lowest BCUT2D eigenvalue weighted by Gasteiger charge is -2.18. The van der Waals surface area contributed by atoms with Crippen LogP contribution < -0.4 is 0 Å². The maximum atomic E-state index is 11.2. The number of phenols is 1. The molecule has 22 heavy (non-hydrogen) atoms. The van der Waals surface area contributed by atoms with E-state index >= 15 is 0 Å². The molecule has 0 aromatic heterocycles. The first-order valence-corrected chi connectivity index (χ1v) is 7.56. The van der Waals surface area contributed by atoms with Gasteiger partial charge in [0.25, 0.3) is 0 Å². The van der Waals surface area contributed by atoms with Gasteiger partial charge in [-0.25, -0.2) is 4.79 Å². The largest absolute Gasteiger partial charge is 0.508 e. The van der Waals surface area contributed by atoms with Crippen molar-refractivity contribution in [3.05, 3.63) is 65.2 Å². The zero-order valence-corrected chi connectivity index (χ0v) is 13.2. The highest BCUT2D eigenvalue weighted by Gasteiger charge is 2.16. The van der Waals surface area contributed by atoms with Crippen LogP contribution in [0.25, 0.3) is 0 Å². The molecule has 0 saturated heterocycles. The Labute approximate surface area is 135 Å². The molecule has 2 atom stereocenters. The third-order valence-electron chi connectivity index (χ3n) is 3.55. The van der Waals surface area contributed by atoms with Crippen LogP contribution in [-0.2, 0) is 16.0 Å². The van der Waals surface area contributed by atoms with Gasteiger partial charge in [-0.2, -0.15) is 0 Å². The summed E-state index contributed by atoms with van der Waals surface area (Å²) in [5.74, 6) is -0.0597. The minimum Gasteiger partial charge on any atom is -0.508 e. The average molecular weight is 319 g/mol. The number of esters is 1. The van der Waals surface area contributed by atoms with Gasteiger partial charge >= 0.3 is 5.97 Å². The fraction of sp³-hybridized carbons (Fsp3) is 0.278. The van der Waals surface area contributed by atoms with Gasteiger partial charge in [-0.15, -0.1) is 0 Å². The SMILES string of the molecule is C=CC(=O)OC(C)Cc1ccc(O)c(C2C=CC(Cl)=CC2)c1. The second-order valence-corrected chi connectivity index (χ2v) is 5.78. The third-order valence-corrected chi connectivity index (χ3v) is 3.83. The van der Waals surface area contributed by atoms with Gasteiger partial charge in [0.05, 0.1) is 0 Å². The van der Waals surface area contributed by atoms with E-state index in [1.807, 2.05) is 37.3 Å². The highest BCUT2D eigenvalue weighted by molar-refractivity contribution is 6.31. The van der Waals surface area contributed by atoms with E-state index < -0.39 is 5.97 Å². The van der Waals surface area contributed by atoms with E-state index in [4.69, 9.17) is 16.3 Å². The van der Waals surface area contributed by atoms with Gasteiger partial charge < -0.3 is 9.84 Å². The molecule has 0 heterocycles. The Hall–Kier alpha value is -2.00. The first-order chi connectivity index (χ1) is 10.5. The number of aromatic hydroxyl groups is 1. The van der Waals surface area contributed by atoms with Gasteiger partial charge in [0.15, 0.2) is 0 Å². The van der Waals surface area contributed by atoms with E-state index in [9.17, 15) is 9.90 Å². The van der Waals surface area contributed by atoms with Crippen LogP contribution in [0.3, 0.4) is 0 Å². The van der Waals surface area contributed by atoms with Crippen LogP contribution in [0.4, 0.5) is 0 Å². The summed E-state index contributed by atoms with van der Waals surface area (Å²) in [6.45, 7) is 5.21. The van der Waals surface area contributed by atoms with E-state index in [2.05, 4.69) is 6.58 Å². The van der Waals surface area contributed by atoms with Crippen molar-refractivity contribution in [3.8, 4) is 5.75 Å². The molecule has 1 aromatic carbocycles. The Morgan fingerprint density at radius 1 is 1.59 bits per heavy atom. The van der Waals surface area contributed by atoms with Gasteiger partial charge in [0.1, 0.15) is 11.9 Å². The number of hydrogen-bond acceptors (Lipinski definition) is 3. The zero-order valence-electron chi connectivity index (χ0n) is 12.5. The highest BCUT2D eigenvalue weighted by Crippen LogP contribution is 2.34. The number of rotatable bonds is 5. The van der Waals surface area contributed by atoms with Crippen LogP contribution in [0.2, 0.25) is 0 Å². The predicted molar refractivity (Wildman–Crippen MR) is 88.0 cm³/mol. The molecule has 116 valence electrons. The summed E-state index contributed by atoms with van der Waals surface area (Å²) >= 11 is 5.93. The van der Waals surface area contributed by atoms with Crippen LogP contribution in [0.1, 0.15) is 30.4 Å². The second kappa shape index (κ2) is 7.32. The lowest BCUT2D eigenvalue weighted by atomic mass is 9.90. The lowest BCUT2D eigenvalue weighted by molar-refractivity contribution is -0.142. The monoisotopic (exact) mass is 318 g/mol. The average Bonchev–Trinajstić information content (AvgIpc) is 2.50. The number of ether oxygens (including phenoxy) is 1. The predicted octanol–water partition coefficient (Wildman–Crippen LogP) is 4.22. The van der Waals surface area contributed by atoms with Crippen LogP contribution in [0.5, 0.6) is 5.75 Å². The summed E-state index contributed by atoms with van der Waals surface area (Å²) in [6.07, 6.45) is 8.01. The zero-order chi connectivity index (χ0) is 16.1. The number of halogens is 1. The van der Waals surface area contributed by atoms with Crippen molar-refractivity contribution >= 4 is 17.6 Å². The smallest absolute Gasteiger partial charge is 0.330 e. The van der Waals surface area contributed by atoms with Gasteiger partial charge in [0, 0.05) is 29.0 Å². The quantitative estimate of drug-likeness (QED) is 0.653. The van der Waals surface area contributed by atoms with Crippen molar-refractivity contribution in [2.24, 2.45) is 0 Å². The van der Waals surface area contributed by atoms with Crippen molar-refractivity contribution < 1.29 is 14.6 Å². The standard InChI is InChI=1S/C18H19ClO3/c1-3-18(21)22-12(2)10-13-4-9-17(20)16(11-13)14-5-7-15(19)8-6-14/h3-5,7-9,11-12,14,20H,1,6,10H2,2H3. The van der Waals surface area contributed by atoms with E-state index in [0.717, 1.165) is 28.7 Å². The first-order valence-electron chi connectivity index (χ1n) is 7.18. The van der Waals surface area contributed by atoms with Gasteiger partial charge in [-0.1, -0.05) is 42.5 Å². The van der Waals surface area contributed by atoms with Crippen LogP contribution in [0, 0.1) is 0 Å². The Balaban J connectivity index is 2.12. The summed E-state index contributed by atoms with van der Waals surface area (Å²) < 4.78 is 5.17. The second-order valence-electron chi connectivity index (χ2n) is 5.34. The minimum absolute atomic E-state index is 0.105. The number of phenolic OH excluding ortho intramolecular Hbond substituents is 1. The molecule has 0 aliphatic heterocycles. The molecule has 0 amide bonds.